The van der Waals surface area contributed by atoms with Gasteiger partial charge in [-0.25, -0.2) is 4.68 Å². The van der Waals surface area contributed by atoms with Gasteiger partial charge in [-0.1, -0.05) is 18.2 Å². The number of nitrogens with zero attached hydrogens (tertiary/aromatic N) is 3. The van der Waals surface area contributed by atoms with Gasteiger partial charge in [0.05, 0.1) is 18.5 Å². The molecule has 0 aliphatic heterocycles. The number of aryl methyl sites for hydroxylation is 1. The molecule has 1 N–H and O–H groups in total. The number of nitrogens with one attached hydrogen (secondary N) is 1. The first-order chi connectivity index (χ1) is 8.79. The first kappa shape index (κ1) is 14.9. The average molecular weight is 252 g/mol. The van der Waals surface area contributed by atoms with Crippen molar-refractivity contribution in [1.29, 1.82) is 0 Å². The van der Waals surface area contributed by atoms with Gasteiger partial charge in [0.25, 0.3) is 0 Å². The molecule has 0 unspecified atom stereocenters. The fourth-order valence-corrected chi connectivity index (χ4v) is 1.73. The maximum atomic E-state index is 4.97. The van der Waals surface area contributed by atoms with Crippen LogP contribution in [0.5, 0.6) is 0 Å². The lowest BCUT2D eigenvalue weighted by Crippen LogP contribution is -2.19. The summed E-state index contributed by atoms with van der Waals surface area (Å²) >= 11 is 0. The number of rotatable bonds is 9. The summed E-state index contributed by atoms with van der Waals surface area (Å²) < 4.78 is 6.94. The molecule has 18 heavy (non-hydrogen) atoms. The number of hydrogen-bond acceptors (Lipinski definition) is 4. The molecule has 0 radical (unpaired) electrons. The molecule has 0 amide bonds. The molecule has 0 aliphatic rings. The lowest BCUT2D eigenvalue weighted by molar-refractivity contribution is 0.199. The van der Waals surface area contributed by atoms with Crippen LogP contribution in [0.15, 0.2) is 12.3 Å². The van der Waals surface area contributed by atoms with E-state index in [4.69, 9.17) is 4.74 Å². The monoisotopic (exact) mass is 252 g/mol. The van der Waals surface area contributed by atoms with Crippen molar-refractivity contribution in [2.75, 3.05) is 26.8 Å². The molecule has 1 aromatic heterocycles. The zero-order valence-corrected chi connectivity index (χ0v) is 11.6. The summed E-state index contributed by atoms with van der Waals surface area (Å²) in [6.07, 6.45) is 6.14. The van der Waals surface area contributed by atoms with Gasteiger partial charge in [0.1, 0.15) is 0 Å². The topological polar surface area (TPSA) is 52.0 Å². The molecule has 5 heteroatoms. The fraction of sp³-hybridized carbons (Fsp3) is 0.692. The molecular formula is C13H24N4O. The van der Waals surface area contributed by atoms with E-state index in [1.807, 2.05) is 10.9 Å². The molecule has 0 aliphatic carbocycles. The van der Waals surface area contributed by atoms with Crippen molar-refractivity contribution in [2.45, 2.75) is 33.2 Å². The number of allylic oxidation sites excluding steroid dienone is 1. The van der Waals surface area contributed by atoms with Crippen molar-refractivity contribution in [3.63, 3.8) is 0 Å². The summed E-state index contributed by atoms with van der Waals surface area (Å²) in [5, 5.41) is 11.4. The number of ether oxygens (including phenoxy) is 1. The molecule has 0 fully saturated rings. The van der Waals surface area contributed by atoms with E-state index in [-0.39, 0.29) is 0 Å². The Balaban J connectivity index is 2.38. The van der Waals surface area contributed by atoms with Crippen LogP contribution in [0.2, 0.25) is 0 Å². The molecule has 0 atom stereocenters. The minimum Gasteiger partial charge on any atom is -0.383 e. The minimum absolute atomic E-state index is 0.760. The predicted octanol–water partition coefficient (Wildman–Crippen LogP) is 1.72. The normalized spacial score (nSPS) is 12.1. The van der Waals surface area contributed by atoms with E-state index >= 15 is 0 Å². The first-order valence-electron chi connectivity index (χ1n) is 6.54. The quantitative estimate of drug-likeness (QED) is 0.680. The summed E-state index contributed by atoms with van der Waals surface area (Å²) in [6, 6.07) is 0. The lowest BCUT2D eigenvalue weighted by Gasteiger charge is -2.05. The molecule has 1 heterocycles. The van der Waals surface area contributed by atoms with Gasteiger partial charge in [-0.3, -0.25) is 0 Å². The molecule has 0 aromatic carbocycles. The van der Waals surface area contributed by atoms with Gasteiger partial charge < -0.3 is 10.1 Å². The van der Waals surface area contributed by atoms with E-state index in [1.165, 1.54) is 5.57 Å². The van der Waals surface area contributed by atoms with E-state index in [0.29, 0.717) is 0 Å². The zero-order chi connectivity index (χ0) is 13.2. The summed E-state index contributed by atoms with van der Waals surface area (Å²) in [5.74, 6) is 0. The second-order valence-corrected chi connectivity index (χ2v) is 4.26. The summed E-state index contributed by atoms with van der Waals surface area (Å²) in [7, 11) is 1.72. The maximum absolute atomic E-state index is 4.97. The maximum Gasteiger partial charge on any atom is 0.0839 e. The molecule has 1 rings (SSSR count). The first-order valence-corrected chi connectivity index (χ1v) is 6.54. The Bertz CT molecular complexity index is 360. The Morgan fingerprint density at radius 3 is 3.06 bits per heavy atom. The van der Waals surface area contributed by atoms with Crippen LogP contribution in [0.3, 0.4) is 0 Å². The van der Waals surface area contributed by atoms with E-state index in [1.54, 1.807) is 7.11 Å². The zero-order valence-electron chi connectivity index (χ0n) is 11.6. The van der Waals surface area contributed by atoms with Crippen molar-refractivity contribution >= 4 is 5.57 Å². The molecule has 102 valence electrons. The number of aromatic nitrogens is 3. The van der Waals surface area contributed by atoms with Gasteiger partial charge in [0, 0.05) is 20.2 Å². The van der Waals surface area contributed by atoms with Gasteiger partial charge in [0.15, 0.2) is 0 Å². The highest BCUT2D eigenvalue weighted by atomic mass is 16.5. The van der Waals surface area contributed by atoms with Gasteiger partial charge >= 0.3 is 0 Å². The smallest absolute Gasteiger partial charge is 0.0839 e. The Morgan fingerprint density at radius 1 is 1.50 bits per heavy atom. The van der Waals surface area contributed by atoms with Crippen LogP contribution in [-0.4, -0.2) is 41.8 Å². The van der Waals surface area contributed by atoms with E-state index in [2.05, 4.69) is 35.6 Å². The van der Waals surface area contributed by atoms with Crippen LogP contribution in [0, 0.1) is 0 Å². The third-order valence-electron chi connectivity index (χ3n) is 2.71. The standard InChI is InChI=1S/C13H24N4O/c1-4-9-17-13(11-15-16-17)12(2)6-5-7-14-8-10-18-3/h6,11,14H,4-5,7-10H2,1-3H3/b12-6+. The van der Waals surface area contributed by atoms with Crippen molar-refractivity contribution in [3.8, 4) is 0 Å². The van der Waals surface area contributed by atoms with Gasteiger partial charge in [-0.2, -0.15) is 0 Å². The third-order valence-corrected chi connectivity index (χ3v) is 2.71. The molecule has 0 saturated heterocycles. The SMILES string of the molecule is CCCn1nncc1/C(C)=C/CCNCCOC. The van der Waals surface area contributed by atoms with E-state index in [9.17, 15) is 0 Å². The minimum atomic E-state index is 0.760. The molecule has 0 saturated carbocycles. The second-order valence-electron chi connectivity index (χ2n) is 4.26. The number of methoxy groups -OCH3 is 1. The third kappa shape index (κ3) is 4.98. The summed E-state index contributed by atoms with van der Waals surface area (Å²) in [6.45, 7) is 7.81. The van der Waals surface area contributed by atoms with Gasteiger partial charge in [0.2, 0.25) is 0 Å². The second kappa shape index (κ2) is 8.83. The van der Waals surface area contributed by atoms with Crippen LogP contribution in [0.25, 0.3) is 5.57 Å². The van der Waals surface area contributed by atoms with Crippen molar-refractivity contribution < 1.29 is 4.74 Å². The molecule has 0 bridgehead atoms. The van der Waals surface area contributed by atoms with Crippen LogP contribution in [0.1, 0.15) is 32.4 Å². The van der Waals surface area contributed by atoms with E-state index in [0.717, 1.165) is 44.8 Å². The summed E-state index contributed by atoms with van der Waals surface area (Å²) in [5.41, 5.74) is 2.36. The molecule has 0 spiro atoms. The highest BCUT2D eigenvalue weighted by Gasteiger charge is 2.04. The number of hydrogen-bond donors (Lipinski definition) is 1. The van der Waals surface area contributed by atoms with Crippen LogP contribution < -0.4 is 5.32 Å². The van der Waals surface area contributed by atoms with Crippen LogP contribution in [0.4, 0.5) is 0 Å². The summed E-state index contributed by atoms with van der Waals surface area (Å²) in [4.78, 5) is 0. The highest BCUT2D eigenvalue weighted by Crippen LogP contribution is 2.12. The predicted molar refractivity (Wildman–Crippen MR) is 73.3 cm³/mol. The largest absolute Gasteiger partial charge is 0.383 e. The van der Waals surface area contributed by atoms with Gasteiger partial charge in [-0.05, 0) is 31.9 Å². The average Bonchev–Trinajstić information content (AvgIpc) is 2.82. The Kier molecular flexibility index (Phi) is 7.29. The molecule has 1 aromatic rings. The van der Waals surface area contributed by atoms with Crippen molar-refractivity contribution in [3.05, 3.63) is 18.0 Å². The van der Waals surface area contributed by atoms with Crippen LogP contribution in [-0.2, 0) is 11.3 Å². The Hall–Kier alpha value is -1.20. The Labute approximate surface area is 109 Å². The fourth-order valence-electron chi connectivity index (χ4n) is 1.73. The lowest BCUT2D eigenvalue weighted by atomic mass is 10.2. The van der Waals surface area contributed by atoms with Crippen molar-refractivity contribution in [2.24, 2.45) is 0 Å². The Morgan fingerprint density at radius 2 is 2.33 bits per heavy atom. The van der Waals surface area contributed by atoms with Crippen LogP contribution >= 0.6 is 0 Å². The molecular weight excluding hydrogens is 228 g/mol. The van der Waals surface area contributed by atoms with Gasteiger partial charge in [-0.15, -0.1) is 5.10 Å². The molecule has 5 nitrogen and oxygen atoms in total. The van der Waals surface area contributed by atoms with E-state index < -0.39 is 0 Å². The highest BCUT2D eigenvalue weighted by molar-refractivity contribution is 5.59. The van der Waals surface area contributed by atoms with Crippen molar-refractivity contribution in [1.82, 2.24) is 20.3 Å².